The molecule has 0 unspecified atom stereocenters. The monoisotopic (exact) mass is 262 g/mol. The average Bonchev–Trinajstić information content (AvgIpc) is 2.89. The minimum absolute atomic E-state index is 0.154. The summed E-state index contributed by atoms with van der Waals surface area (Å²) in [5.41, 5.74) is 10.6. The van der Waals surface area contributed by atoms with Crippen LogP contribution in [0, 0.1) is 0 Å². The van der Waals surface area contributed by atoms with E-state index in [0.717, 1.165) is 11.2 Å². The third-order valence-corrected chi connectivity index (χ3v) is 3.72. The Kier molecular flexibility index (Phi) is 3.40. The highest BCUT2D eigenvalue weighted by atomic mass is 14.7. The third kappa shape index (κ3) is 2.04. The Morgan fingerprint density at radius 2 is 1.75 bits per heavy atom. The van der Waals surface area contributed by atoms with Gasteiger partial charge in [0.25, 0.3) is 0 Å². The summed E-state index contributed by atoms with van der Waals surface area (Å²) in [4.78, 5) is 3.53. The zero-order valence-electron chi connectivity index (χ0n) is 11.3. The number of aromatic amines is 1. The summed E-state index contributed by atoms with van der Waals surface area (Å²) in [5, 5.41) is 1.22. The Bertz CT molecular complexity index is 726. The third-order valence-electron chi connectivity index (χ3n) is 3.72. The van der Waals surface area contributed by atoms with E-state index >= 15 is 0 Å². The first kappa shape index (κ1) is 12.7. The molecule has 100 valence electrons. The van der Waals surface area contributed by atoms with Crippen LogP contribution in [0.3, 0.4) is 0 Å². The number of H-pyrrole nitrogens is 1. The largest absolute Gasteiger partial charge is 0.354 e. The molecular weight excluding hydrogens is 244 g/mol. The Morgan fingerprint density at radius 1 is 1.05 bits per heavy atom. The molecule has 20 heavy (non-hydrogen) atoms. The fraction of sp³-hybridized carbons (Fsp3) is 0.111. The Morgan fingerprint density at radius 3 is 2.45 bits per heavy atom. The molecule has 0 aliphatic rings. The fourth-order valence-electron chi connectivity index (χ4n) is 2.71. The van der Waals surface area contributed by atoms with Crippen LogP contribution in [0.5, 0.6) is 0 Å². The van der Waals surface area contributed by atoms with E-state index in [2.05, 4.69) is 54.0 Å². The lowest BCUT2D eigenvalue weighted by Gasteiger charge is -2.12. The maximum absolute atomic E-state index is 5.93. The van der Waals surface area contributed by atoms with Crippen LogP contribution < -0.4 is 5.73 Å². The van der Waals surface area contributed by atoms with E-state index in [4.69, 9.17) is 5.73 Å². The average molecular weight is 262 g/mol. The van der Waals surface area contributed by atoms with Crippen molar-refractivity contribution in [1.82, 2.24) is 4.98 Å². The summed E-state index contributed by atoms with van der Waals surface area (Å²) >= 11 is 0. The van der Waals surface area contributed by atoms with Gasteiger partial charge in [0.15, 0.2) is 0 Å². The fourth-order valence-corrected chi connectivity index (χ4v) is 2.71. The molecule has 1 aromatic heterocycles. The summed E-state index contributed by atoms with van der Waals surface area (Å²) in [6.07, 6.45) is 1.93. The lowest BCUT2D eigenvalue weighted by Crippen LogP contribution is -2.10. The van der Waals surface area contributed by atoms with Gasteiger partial charge in [-0.05, 0) is 17.2 Å². The van der Waals surface area contributed by atoms with E-state index in [1.165, 1.54) is 16.5 Å². The minimum atomic E-state index is 0.154. The summed E-state index contributed by atoms with van der Waals surface area (Å²) < 4.78 is 0. The van der Waals surface area contributed by atoms with Crippen LogP contribution in [0.15, 0.2) is 67.3 Å². The first-order valence-corrected chi connectivity index (χ1v) is 6.83. The van der Waals surface area contributed by atoms with Gasteiger partial charge in [-0.25, -0.2) is 0 Å². The SMILES string of the molecule is C=C[C@@H](CN)c1c(-c2ccccc2)[nH]c2ccccc12. The van der Waals surface area contributed by atoms with Crippen molar-refractivity contribution in [3.8, 4) is 11.3 Å². The van der Waals surface area contributed by atoms with Gasteiger partial charge in [0.1, 0.15) is 0 Å². The topological polar surface area (TPSA) is 41.8 Å². The molecule has 0 aliphatic heterocycles. The number of rotatable bonds is 4. The van der Waals surface area contributed by atoms with Crippen LogP contribution in [0.25, 0.3) is 22.2 Å². The van der Waals surface area contributed by atoms with E-state index in [9.17, 15) is 0 Å². The van der Waals surface area contributed by atoms with E-state index in [1.807, 2.05) is 18.2 Å². The molecule has 0 bridgehead atoms. The van der Waals surface area contributed by atoms with Crippen LogP contribution in [0.1, 0.15) is 11.5 Å². The minimum Gasteiger partial charge on any atom is -0.354 e. The normalized spacial score (nSPS) is 12.4. The Labute approximate surface area is 118 Å². The van der Waals surface area contributed by atoms with Crippen molar-refractivity contribution in [1.29, 1.82) is 0 Å². The standard InChI is InChI=1S/C18H18N2/c1-2-13(12-19)17-15-10-6-7-11-16(15)20-18(17)14-8-4-3-5-9-14/h2-11,13,20H,1,12,19H2/t13-/m0/s1. The molecule has 1 heterocycles. The highest BCUT2D eigenvalue weighted by Gasteiger charge is 2.18. The van der Waals surface area contributed by atoms with Gasteiger partial charge < -0.3 is 10.7 Å². The lowest BCUT2D eigenvalue weighted by molar-refractivity contribution is 0.860. The molecule has 3 N–H and O–H groups in total. The molecule has 0 saturated carbocycles. The number of nitrogens with two attached hydrogens (primary N) is 1. The van der Waals surface area contributed by atoms with E-state index in [-0.39, 0.29) is 5.92 Å². The quantitative estimate of drug-likeness (QED) is 0.684. The summed E-state index contributed by atoms with van der Waals surface area (Å²) in [6.45, 7) is 4.50. The maximum atomic E-state index is 5.93. The van der Waals surface area contributed by atoms with Gasteiger partial charge in [-0.1, -0.05) is 54.6 Å². The van der Waals surface area contributed by atoms with E-state index < -0.39 is 0 Å². The van der Waals surface area contributed by atoms with Gasteiger partial charge in [0.05, 0.1) is 5.69 Å². The number of nitrogens with one attached hydrogen (secondary N) is 1. The summed E-state index contributed by atoms with van der Waals surface area (Å²) in [5.74, 6) is 0.154. The summed E-state index contributed by atoms with van der Waals surface area (Å²) in [6, 6.07) is 18.7. The Hall–Kier alpha value is -2.32. The number of fused-ring (bicyclic) bond motifs is 1. The van der Waals surface area contributed by atoms with Gasteiger partial charge in [-0.2, -0.15) is 0 Å². The van der Waals surface area contributed by atoms with Crippen molar-refractivity contribution < 1.29 is 0 Å². The van der Waals surface area contributed by atoms with Gasteiger partial charge in [-0.3, -0.25) is 0 Å². The maximum Gasteiger partial charge on any atom is 0.0503 e. The number of aromatic nitrogens is 1. The Balaban J connectivity index is 2.30. The molecule has 0 saturated heterocycles. The van der Waals surface area contributed by atoms with Crippen LogP contribution in [0.4, 0.5) is 0 Å². The molecule has 0 aliphatic carbocycles. The number of benzene rings is 2. The summed E-state index contributed by atoms with van der Waals surface area (Å²) in [7, 11) is 0. The van der Waals surface area contributed by atoms with Gasteiger partial charge in [0.2, 0.25) is 0 Å². The van der Waals surface area contributed by atoms with Crippen LogP contribution in [0.2, 0.25) is 0 Å². The molecule has 2 nitrogen and oxygen atoms in total. The molecule has 0 amide bonds. The smallest absolute Gasteiger partial charge is 0.0503 e. The van der Waals surface area contributed by atoms with Crippen molar-refractivity contribution in [2.45, 2.75) is 5.92 Å². The van der Waals surface area contributed by atoms with Gasteiger partial charge in [-0.15, -0.1) is 6.58 Å². The predicted molar refractivity (Wildman–Crippen MR) is 85.7 cm³/mol. The predicted octanol–water partition coefficient (Wildman–Crippen LogP) is 4.06. The molecule has 0 fully saturated rings. The van der Waals surface area contributed by atoms with Crippen molar-refractivity contribution in [3.63, 3.8) is 0 Å². The van der Waals surface area contributed by atoms with Crippen LogP contribution >= 0.6 is 0 Å². The molecular formula is C18H18N2. The molecule has 1 atom stereocenters. The first-order chi connectivity index (χ1) is 9.85. The first-order valence-electron chi connectivity index (χ1n) is 6.83. The van der Waals surface area contributed by atoms with Gasteiger partial charge >= 0.3 is 0 Å². The number of hydrogen-bond donors (Lipinski definition) is 2. The second-order valence-electron chi connectivity index (χ2n) is 4.90. The number of hydrogen-bond acceptors (Lipinski definition) is 1. The molecule has 0 spiro atoms. The molecule has 2 aromatic carbocycles. The molecule has 0 radical (unpaired) electrons. The van der Waals surface area contributed by atoms with Crippen molar-refractivity contribution in [2.75, 3.05) is 6.54 Å². The molecule has 3 aromatic rings. The van der Waals surface area contributed by atoms with Crippen LogP contribution in [-0.4, -0.2) is 11.5 Å². The van der Waals surface area contributed by atoms with E-state index in [1.54, 1.807) is 0 Å². The second-order valence-corrected chi connectivity index (χ2v) is 4.90. The number of para-hydroxylation sites is 1. The van der Waals surface area contributed by atoms with Crippen molar-refractivity contribution >= 4 is 10.9 Å². The molecule has 2 heteroatoms. The van der Waals surface area contributed by atoms with Gasteiger partial charge in [0, 0.05) is 23.4 Å². The van der Waals surface area contributed by atoms with E-state index in [0.29, 0.717) is 6.54 Å². The lowest BCUT2D eigenvalue weighted by atomic mass is 9.93. The zero-order valence-corrected chi connectivity index (χ0v) is 11.3. The van der Waals surface area contributed by atoms with Crippen LogP contribution in [-0.2, 0) is 0 Å². The molecule has 3 rings (SSSR count). The highest BCUT2D eigenvalue weighted by molar-refractivity contribution is 5.91. The zero-order chi connectivity index (χ0) is 13.9. The van der Waals surface area contributed by atoms with Crippen molar-refractivity contribution in [2.24, 2.45) is 5.73 Å². The highest BCUT2D eigenvalue weighted by Crippen LogP contribution is 2.35. The second kappa shape index (κ2) is 5.35. The van der Waals surface area contributed by atoms with Crippen molar-refractivity contribution in [3.05, 3.63) is 72.8 Å².